The van der Waals surface area contributed by atoms with Gasteiger partial charge in [0.2, 0.25) is 0 Å². The number of benzene rings is 1. The molecule has 2 nitrogen and oxygen atoms in total. The van der Waals surface area contributed by atoms with Crippen LogP contribution in [0.3, 0.4) is 0 Å². The van der Waals surface area contributed by atoms with Gasteiger partial charge in [0.15, 0.2) is 0 Å². The summed E-state index contributed by atoms with van der Waals surface area (Å²) in [7, 11) is 0. The fraction of sp³-hybridized carbons (Fsp3) is 0.538. The smallest absolute Gasteiger partial charge is 0.0479 e. The lowest BCUT2D eigenvalue weighted by Crippen LogP contribution is -2.50. The third kappa shape index (κ3) is 1.68. The summed E-state index contributed by atoms with van der Waals surface area (Å²) in [4.78, 5) is 0. The minimum atomic E-state index is 0.539. The van der Waals surface area contributed by atoms with Crippen LogP contribution in [0.4, 0.5) is 0 Å². The lowest BCUT2D eigenvalue weighted by molar-refractivity contribution is 0.315. The minimum Gasteiger partial charge on any atom is -0.311 e. The van der Waals surface area contributed by atoms with Crippen LogP contribution in [0.25, 0.3) is 0 Å². The first-order chi connectivity index (χ1) is 7.45. The van der Waals surface area contributed by atoms with Gasteiger partial charge < -0.3 is 10.6 Å². The molecule has 2 heteroatoms. The van der Waals surface area contributed by atoms with Crippen molar-refractivity contribution in [1.82, 2.24) is 10.6 Å². The van der Waals surface area contributed by atoms with Gasteiger partial charge in [0, 0.05) is 25.2 Å². The zero-order valence-corrected chi connectivity index (χ0v) is 9.00. The molecular weight excluding hydrogens is 184 g/mol. The monoisotopic (exact) mass is 202 g/mol. The Balaban J connectivity index is 1.99. The van der Waals surface area contributed by atoms with E-state index in [9.17, 15) is 0 Å². The first-order valence-electron chi connectivity index (χ1n) is 6.00. The van der Waals surface area contributed by atoms with Gasteiger partial charge in [0.05, 0.1) is 0 Å². The molecular formula is C13H18N2. The molecule has 2 aliphatic rings. The summed E-state index contributed by atoms with van der Waals surface area (Å²) in [5.41, 5.74) is 3.06. The Bertz CT molecular complexity index is 348. The van der Waals surface area contributed by atoms with Crippen LogP contribution in [0, 0.1) is 0 Å². The molecule has 3 rings (SSSR count). The Kier molecular flexibility index (Phi) is 2.47. The quantitative estimate of drug-likeness (QED) is 0.668. The van der Waals surface area contributed by atoms with E-state index in [2.05, 4.69) is 34.9 Å². The van der Waals surface area contributed by atoms with Gasteiger partial charge in [-0.25, -0.2) is 0 Å². The summed E-state index contributed by atoms with van der Waals surface area (Å²) in [6.07, 6.45) is 3.85. The number of hydrogen-bond acceptors (Lipinski definition) is 2. The van der Waals surface area contributed by atoms with Gasteiger partial charge in [-0.2, -0.15) is 0 Å². The SMILES string of the molecule is c1ccc2c(c1)CCC[C@@H]1NCCN[C@@H]21. The molecule has 0 radical (unpaired) electrons. The molecule has 2 atom stereocenters. The molecule has 0 spiro atoms. The van der Waals surface area contributed by atoms with Crippen molar-refractivity contribution in [1.29, 1.82) is 0 Å². The average Bonchev–Trinajstić information content (AvgIpc) is 2.48. The van der Waals surface area contributed by atoms with Gasteiger partial charge in [0.1, 0.15) is 0 Å². The van der Waals surface area contributed by atoms with E-state index in [4.69, 9.17) is 0 Å². The van der Waals surface area contributed by atoms with Crippen molar-refractivity contribution >= 4 is 0 Å². The normalized spacial score (nSPS) is 30.1. The topological polar surface area (TPSA) is 24.1 Å². The molecule has 1 aromatic carbocycles. The van der Waals surface area contributed by atoms with Crippen LogP contribution in [-0.4, -0.2) is 19.1 Å². The molecule has 1 aliphatic heterocycles. The van der Waals surface area contributed by atoms with E-state index < -0.39 is 0 Å². The Morgan fingerprint density at radius 1 is 1.07 bits per heavy atom. The van der Waals surface area contributed by atoms with Crippen molar-refractivity contribution < 1.29 is 0 Å². The van der Waals surface area contributed by atoms with Crippen LogP contribution in [0.2, 0.25) is 0 Å². The summed E-state index contributed by atoms with van der Waals surface area (Å²) in [6, 6.07) is 10.1. The summed E-state index contributed by atoms with van der Waals surface area (Å²) in [5.74, 6) is 0. The maximum atomic E-state index is 3.65. The lowest BCUT2D eigenvalue weighted by Gasteiger charge is -2.33. The van der Waals surface area contributed by atoms with Crippen LogP contribution >= 0.6 is 0 Å². The summed E-state index contributed by atoms with van der Waals surface area (Å²) < 4.78 is 0. The lowest BCUT2D eigenvalue weighted by atomic mass is 9.95. The molecule has 1 heterocycles. The second kappa shape index (κ2) is 3.95. The van der Waals surface area contributed by atoms with Gasteiger partial charge >= 0.3 is 0 Å². The number of nitrogens with one attached hydrogen (secondary N) is 2. The fourth-order valence-electron chi connectivity index (χ4n) is 2.92. The third-order valence-corrected chi connectivity index (χ3v) is 3.65. The molecule has 0 bridgehead atoms. The van der Waals surface area contributed by atoms with Crippen LogP contribution < -0.4 is 10.6 Å². The number of fused-ring (bicyclic) bond motifs is 3. The molecule has 0 saturated carbocycles. The predicted molar refractivity (Wildman–Crippen MR) is 61.9 cm³/mol. The van der Waals surface area contributed by atoms with E-state index >= 15 is 0 Å². The summed E-state index contributed by atoms with van der Waals surface area (Å²) >= 11 is 0. The standard InChI is InChI=1S/C13H18N2/c1-2-6-11-10(4-1)5-3-7-12-13(11)15-9-8-14-12/h1-2,4,6,12-15H,3,5,7-9H2/t12-,13-/m0/s1. The van der Waals surface area contributed by atoms with Crippen molar-refractivity contribution in [3.05, 3.63) is 35.4 Å². The van der Waals surface area contributed by atoms with E-state index in [0.29, 0.717) is 12.1 Å². The maximum Gasteiger partial charge on any atom is 0.0479 e. The van der Waals surface area contributed by atoms with Gasteiger partial charge in [-0.3, -0.25) is 0 Å². The van der Waals surface area contributed by atoms with Crippen molar-refractivity contribution in [3.63, 3.8) is 0 Å². The second-order valence-electron chi connectivity index (χ2n) is 4.58. The fourth-order valence-corrected chi connectivity index (χ4v) is 2.92. The van der Waals surface area contributed by atoms with E-state index in [1.807, 2.05) is 0 Å². The first kappa shape index (κ1) is 9.37. The van der Waals surface area contributed by atoms with E-state index in [-0.39, 0.29) is 0 Å². The summed E-state index contributed by atoms with van der Waals surface area (Å²) in [6.45, 7) is 2.21. The number of aryl methyl sites for hydroxylation is 1. The Morgan fingerprint density at radius 3 is 2.93 bits per heavy atom. The van der Waals surface area contributed by atoms with Crippen LogP contribution in [-0.2, 0) is 6.42 Å². The van der Waals surface area contributed by atoms with Gasteiger partial charge in [-0.05, 0) is 30.4 Å². The van der Waals surface area contributed by atoms with E-state index in [1.54, 1.807) is 5.56 Å². The predicted octanol–water partition coefficient (Wildman–Crippen LogP) is 1.63. The van der Waals surface area contributed by atoms with Crippen molar-refractivity contribution in [2.45, 2.75) is 31.3 Å². The van der Waals surface area contributed by atoms with E-state index in [0.717, 1.165) is 13.1 Å². The highest BCUT2D eigenvalue weighted by molar-refractivity contribution is 5.32. The molecule has 1 aromatic rings. The molecule has 1 saturated heterocycles. The highest BCUT2D eigenvalue weighted by Crippen LogP contribution is 2.29. The molecule has 2 N–H and O–H groups in total. The Hall–Kier alpha value is -0.860. The van der Waals surface area contributed by atoms with Gasteiger partial charge in [0.25, 0.3) is 0 Å². The summed E-state index contributed by atoms with van der Waals surface area (Å²) in [5, 5.41) is 7.29. The zero-order chi connectivity index (χ0) is 10.1. The zero-order valence-electron chi connectivity index (χ0n) is 9.00. The van der Waals surface area contributed by atoms with Crippen LogP contribution in [0.15, 0.2) is 24.3 Å². The third-order valence-electron chi connectivity index (χ3n) is 3.65. The van der Waals surface area contributed by atoms with Crippen molar-refractivity contribution in [2.24, 2.45) is 0 Å². The average molecular weight is 202 g/mol. The largest absolute Gasteiger partial charge is 0.311 e. The first-order valence-corrected chi connectivity index (χ1v) is 6.00. The highest BCUT2D eigenvalue weighted by Gasteiger charge is 2.28. The maximum absolute atomic E-state index is 3.65. The Morgan fingerprint density at radius 2 is 1.93 bits per heavy atom. The number of rotatable bonds is 0. The van der Waals surface area contributed by atoms with Gasteiger partial charge in [-0.15, -0.1) is 0 Å². The molecule has 1 fully saturated rings. The minimum absolute atomic E-state index is 0.539. The van der Waals surface area contributed by atoms with Crippen LogP contribution in [0.5, 0.6) is 0 Å². The molecule has 0 amide bonds. The van der Waals surface area contributed by atoms with Gasteiger partial charge in [-0.1, -0.05) is 24.3 Å². The number of hydrogen-bond donors (Lipinski definition) is 2. The second-order valence-corrected chi connectivity index (χ2v) is 4.58. The highest BCUT2D eigenvalue weighted by atomic mass is 15.1. The molecule has 0 unspecified atom stereocenters. The van der Waals surface area contributed by atoms with Crippen molar-refractivity contribution in [2.75, 3.05) is 13.1 Å². The molecule has 1 aliphatic carbocycles. The Labute approximate surface area is 91.1 Å². The van der Waals surface area contributed by atoms with Crippen LogP contribution in [0.1, 0.15) is 30.0 Å². The molecule has 0 aromatic heterocycles. The molecule has 80 valence electrons. The van der Waals surface area contributed by atoms with Crippen molar-refractivity contribution in [3.8, 4) is 0 Å². The number of piperazine rings is 1. The van der Waals surface area contributed by atoms with E-state index in [1.165, 1.54) is 24.8 Å². The molecule has 15 heavy (non-hydrogen) atoms.